The van der Waals surface area contributed by atoms with Gasteiger partial charge in [0.1, 0.15) is 24.7 Å². The fourth-order valence-electron chi connectivity index (χ4n) is 11.9. The molecule has 1 heterocycles. The maximum atomic E-state index is 14.4. The molecule has 4 N–H and O–H groups in total. The molecule has 0 aromatic heterocycles. The summed E-state index contributed by atoms with van der Waals surface area (Å²) in [5, 5.41) is 10.4. The van der Waals surface area contributed by atoms with Crippen molar-refractivity contribution in [3.63, 3.8) is 0 Å². The van der Waals surface area contributed by atoms with E-state index in [1.807, 2.05) is 0 Å². The van der Waals surface area contributed by atoms with Crippen LogP contribution in [0, 0.1) is 59.2 Å². The van der Waals surface area contributed by atoms with Crippen LogP contribution in [0.15, 0.2) is 0 Å². The zero-order chi connectivity index (χ0) is 64.8. The van der Waals surface area contributed by atoms with E-state index in [4.69, 9.17) is 28.4 Å². The normalized spacial score (nSPS) is 30.0. The molecule has 0 aromatic carbocycles. The molecule has 4 aliphatic rings. The zero-order valence-electron chi connectivity index (χ0n) is 54.2. The maximum absolute atomic E-state index is 14.4. The molecule has 3 aliphatic carbocycles. The Morgan fingerprint density at radius 1 is 0.345 bits per heavy atom. The van der Waals surface area contributed by atoms with Crippen LogP contribution < -0.4 is 21.3 Å². The third-order valence-electron chi connectivity index (χ3n) is 17.7. The Kier molecular flexibility index (Phi) is 30.3. The Labute approximate surface area is 515 Å². The van der Waals surface area contributed by atoms with E-state index in [-0.39, 0.29) is 37.0 Å². The average molecular weight is 1230 g/mol. The monoisotopic (exact) mass is 1230 g/mol. The Hall–Kier alpha value is -5.96. The fraction of sp³-hybridized carbons (Fsp3) is 0.815. The SMILES string of the molecule is CC(C)[C@@H]1CC(=O)[C@H](C)OC(=O)[C@@H](C(C)C)NC(=O)[C@@H](CC2CCCCC2)OC(=O)CNC(=O)[C@H](C)OC(=O)[C@@H](C(C)C)CC(=O)[C@@H](CC2CCCCC2)OC(=O)[C@H](C(C)C)NC(=O)[C@H](C)OC(=O)[C@@H](C(C)C)NC(=O)[C@@H](CC2CCCCC2)OC1=O. The van der Waals surface area contributed by atoms with Gasteiger partial charge in [-0.1, -0.05) is 166 Å². The Bertz CT molecular complexity index is 2340. The number of hydrogen-bond donors (Lipinski definition) is 4. The fourth-order valence-corrected chi connectivity index (χ4v) is 11.9. The maximum Gasteiger partial charge on any atom is 0.329 e. The molecule has 22 heteroatoms. The van der Waals surface area contributed by atoms with Crippen molar-refractivity contribution in [2.45, 2.75) is 273 Å². The van der Waals surface area contributed by atoms with Gasteiger partial charge in [0, 0.05) is 12.8 Å². The number of ketones is 2. The Morgan fingerprint density at radius 2 is 0.667 bits per heavy atom. The van der Waals surface area contributed by atoms with Crippen molar-refractivity contribution < 1.29 is 86.0 Å². The summed E-state index contributed by atoms with van der Waals surface area (Å²) in [6.07, 6.45) is 3.96. The first-order valence-corrected chi connectivity index (χ1v) is 32.4. The lowest BCUT2D eigenvalue weighted by atomic mass is 9.82. The smallest absolute Gasteiger partial charge is 0.329 e. The van der Waals surface area contributed by atoms with Gasteiger partial charge in [-0.05, 0) is 87.4 Å². The van der Waals surface area contributed by atoms with Crippen molar-refractivity contribution in [3.8, 4) is 0 Å². The number of esters is 6. The number of hydrogen-bond acceptors (Lipinski definition) is 18. The number of rotatable bonds is 11. The molecule has 0 spiro atoms. The second kappa shape index (κ2) is 35.9. The van der Waals surface area contributed by atoms with E-state index in [9.17, 15) is 57.5 Å². The largest absolute Gasteiger partial charge is 0.453 e. The van der Waals surface area contributed by atoms with E-state index >= 15 is 0 Å². The van der Waals surface area contributed by atoms with E-state index in [2.05, 4.69) is 21.3 Å². The number of carbonyl (C=O) groups is 12. The van der Waals surface area contributed by atoms with Crippen LogP contribution in [0.4, 0.5) is 0 Å². The van der Waals surface area contributed by atoms with Gasteiger partial charge in [0.05, 0.1) is 11.8 Å². The summed E-state index contributed by atoms with van der Waals surface area (Å²) in [6, 6.07) is -4.02. The van der Waals surface area contributed by atoms with Crippen LogP contribution in [0.1, 0.15) is 218 Å². The third kappa shape index (κ3) is 23.8. The number of amides is 4. The summed E-state index contributed by atoms with van der Waals surface area (Å²) in [4.78, 5) is 168. The molecule has 0 bridgehead atoms. The van der Waals surface area contributed by atoms with Gasteiger partial charge in [-0.2, -0.15) is 0 Å². The zero-order valence-corrected chi connectivity index (χ0v) is 54.2. The Balaban J connectivity index is 1.71. The van der Waals surface area contributed by atoms with Crippen LogP contribution >= 0.6 is 0 Å². The average Bonchev–Trinajstić information content (AvgIpc) is 3.36. The molecule has 0 radical (unpaired) electrons. The van der Waals surface area contributed by atoms with Crippen molar-refractivity contribution >= 4 is 71.0 Å². The summed E-state index contributed by atoms with van der Waals surface area (Å²) in [5.41, 5.74) is 0. The predicted molar refractivity (Wildman–Crippen MR) is 319 cm³/mol. The van der Waals surface area contributed by atoms with Crippen LogP contribution in [-0.4, -0.2) is 132 Å². The molecule has 11 atom stereocenters. The van der Waals surface area contributed by atoms with E-state index in [0.717, 1.165) is 96.3 Å². The molecule has 1 saturated heterocycles. The highest BCUT2D eigenvalue weighted by Gasteiger charge is 2.41. The third-order valence-corrected chi connectivity index (χ3v) is 17.7. The number of Topliss-reactive ketones (excluding diaryl/α,β-unsaturated/α-hetero) is 2. The molecule has 4 amide bonds. The molecule has 3 saturated carbocycles. The minimum Gasteiger partial charge on any atom is -0.453 e. The van der Waals surface area contributed by atoms with E-state index in [0.29, 0.717) is 0 Å². The molecular weight excluding hydrogens is 1120 g/mol. The number of cyclic esters (lactones) is 6. The quantitative estimate of drug-likeness (QED) is 0.115. The molecule has 87 heavy (non-hydrogen) atoms. The highest BCUT2D eigenvalue weighted by Crippen LogP contribution is 2.33. The van der Waals surface area contributed by atoms with Gasteiger partial charge in [0.2, 0.25) is 0 Å². The van der Waals surface area contributed by atoms with Crippen LogP contribution in [0.25, 0.3) is 0 Å². The summed E-state index contributed by atoms with van der Waals surface area (Å²) < 4.78 is 34.7. The van der Waals surface area contributed by atoms with Crippen molar-refractivity contribution in [3.05, 3.63) is 0 Å². The van der Waals surface area contributed by atoms with Gasteiger partial charge in [0.15, 0.2) is 48.2 Å². The molecule has 1 aliphatic heterocycles. The van der Waals surface area contributed by atoms with Crippen molar-refractivity contribution in [2.75, 3.05) is 6.54 Å². The van der Waals surface area contributed by atoms with Crippen molar-refractivity contribution in [1.82, 2.24) is 21.3 Å². The van der Waals surface area contributed by atoms with Crippen LogP contribution in [-0.2, 0) is 86.0 Å². The highest BCUT2D eigenvalue weighted by atomic mass is 16.6. The first-order valence-electron chi connectivity index (χ1n) is 32.4. The lowest BCUT2D eigenvalue weighted by Crippen LogP contribution is -2.53. The van der Waals surface area contributed by atoms with Crippen molar-refractivity contribution in [1.29, 1.82) is 0 Å². The lowest BCUT2D eigenvalue weighted by molar-refractivity contribution is -0.166. The highest BCUT2D eigenvalue weighted by molar-refractivity contribution is 5.95. The molecule has 4 fully saturated rings. The second-order valence-electron chi connectivity index (χ2n) is 26.7. The molecule has 4 rings (SSSR count). The summed E-state index contributed by atoms with van der Waals surface area (Å²) in [5.74, 6) is -15.3. The van der Waals surface area contributed by atoms with Gasteiger partial charge in [-0.15, -0.1) is 0 Å². The van der Waals surface area contributed by atoms with Gasteiger partial charge >= 0.3 is 35.8 Å². The molecule has 22 nitrogen and oxygen atoms in total. The molecule has 492 valence electrons. The second-order valence-corrected chi connectivity index (χ2v) is 26.7. The molecule has 0 aromatic rings. The minimum absolute atomic E-state index is 0.00871. The molecular formula is C65H104N4O18. The van der Waals surface area contributed by atoms with Gasteiger partial charge < -0.3 is 49.7 Å². The number of ether oxygens (including phenoxy) is 6. The first-order chi connectivity index (χ1) is 41.0. The first kappa shape index (κ1) is 73.5. The lowest BCUT2D eigenvalue weighted by Gasteiger charge is -2.30. The van der Waals surface area contributed by atoms with Crippen LogP contribution in [0.5, 0.6) is 0 Å². The topological polar surface area (TPSA) is 308 Å². The number of carbonyl (C=O) groups excluding carboxylic acids is 12. The van der Waals surface area contributed by atoms with Gasteiger partial charge in [-0.3, -0.25) is 43.2 Å². The van der Waals surface area contributed by atoms with Gasteiger partial charge in [-0.25, -0.2) is 14.4 Å². The van der Waals surface area contributed by atoms with Crippen molar-refractivity contribution in [2.24, 2.45) is 59.2 Å². The summed E-state index contributed by atoms with van der Waals surface area (Å²) in [6.45, 7) is 19.9. The predicted octanol–water partition coefficient (Wildman–Crippen LogP) is 7.44. The summed E-state index contributed by atoms with van der Waals surface area (Å²) in [7, 11) is 0. The van der Waals surface area contributed by atoms with E-state index < -0.39 is 187 Å². The summed E-state index contributed by atoms with van der Waals surface area (Å²) >= 11 is 0. The van der Waals surface area contributed by atoms with E-state index in [1.54, 1.807) is 69.2 Å². The number of nitrogens with one attached hydrogen (secondary N) is 4. The minimum atomic E-state index is -1.52. The van der Waals surface area contributed by atoms with Gasteiger partial charge in [0.25, 0.3) is 23.6 Å². The molecule has 0 unspecified atom stereocenters. The Morgan fingerprint density at radius 3 is 1.08 bits per heavy atom. The van der Waals surface area contributed by atoms with E-state index in [1.165, 1.54) is 20.8 Å². The van der Waals surface area contributed by atoms with Crippen LogP contribution in [0.3, 0.4) is 0 Å². The standard InChI is InChI=1S/C65H104N4O18/c1-35(2)46-32-48(70)40(11)82-63(79)54(37(5)6)68-59(75)51(30-44-25-19-15-20-26-44)85-53(72)34-66-57(73)41(12)83-61(77)47(36(3)4)33-49(71)50(29-43-23-17-14-18-24-43)86-65(81)56(39(9)10)67-58(74)42(13)84-64(80)55(38(7)8)69-60(76)52(87-62(46)78)31-45-27-21-16-22-28-45/h35-47,50-52,54-56H,14-34H2,1-13H3,(H,66,73)(H,67,74)(H,68,75)(H,69,76)/t40-,41-,42-,46-,47+,50+,51+,52+,54+,55+,56-/m0/s1. The van der Waals surface area contributed by atoms with Crippen LogP contribution in [0.2, 0.25) is 0 Å².